The number of aryl methyl sites for hydroxylation is 1. The van der Waals surface area contributed by atoms with Crippen LogP contribution in [0.1, 0.15) is 5.56 Å². The molecule has 1 aromatic heterocycles. The fourth-order valence-electron chi connectivity index (χ4n) is 1.59. The van der Waals surface area contributed by atoms with E-state index in [0.717, 1.165) is 12.0 Å². The van der Waals surface area contributed by atoms with Gasteiger partial charge in [0.1, 0.15) is 5.75 Å². The third kappa shape index (κ3) is 3.97. The predicted octanol–water partition coefficient (Wildman–Crippen LogP) is 1.97. The third-order valence-corrected chi connectivity index (χ3v) is 3.89. The van der Waals surface area contributed by atoms with Gasteiger partial charge in [-0.2, -0.15) is 5.10 Å². The van der Waals surface area contributed by atoms with Crippen molar-refractivity contribution in [1.82, 2.24) is 9.78 Å². The highest BCUT2D eigenvalue weighted by molar-refractivity contribution is 8.13. The summed E-state index contributed by atoms with van der Waals surface area (Å²) in [5, 5.41) is 4.06. The number of hydrogen-bond acceptors (Lipinski definition) is 4. The van der Waals surface area contributed by atoms with Gasteiger partial charge in [-0.3, -0.25) is 4.68 Å². The summed E-state index contributed by atoms with van der Waals surface area (Å²) in [7, 11) is 3.40. The molecule has 0 amide bonds. The zero-order chi connectivity index (χ0) is 13.9. The molecule has 19 heavy (non-hydrogen) atoms. The number of aromatic nitrogens is 2. The number of benzene rings is 1. The van der Waals surface area contributed by atoms with Crippen molar-refractivity contribution < 1.29 is 13.2 Å². The predicted molar refractivity (Wildman–Crippen MR) is 71.9 cm³/mol. The molecule has 0 fully saturated rings. The number of ether oxygens (including phenoxy) is 1. The van der Waals surface area contributed by atoms with Crippen molar-refractivity contribution in [3.05, 3.63) is 42.2 Å². The second-order valence-electron chi connectivity index (χ2n) is 4.03. The van der Waals surface area contributed by atoms with Crippen LogP contribution in [0.15, 0.2) is 41.6 Å². The van der Waals surface area contributed by atoms with E-state index < -0.39 is 9.05 Å². The maximum Gasteiger partial charge on any atom is 0.261 e. The fourth-order valence-corrected chi connectivity index (χ4v) is 2.36. The van der Waals surface area contributed by atoms with E-state index in [1.54, 1.807) is 23.0 Å². The highest BCUT2D eigenvalue weighted by Crippen LogP contribution is 2.19. The van der Waals surface area contributed by atoms with Crippen molar-refractivity contribution in [2.75, 3.05) is 6.61 Å². The smallest absolute Gasteiger partial charge is 0.261 e. The summed E-state index contributed by atoms with van der Waals surface area (Å²) in [6.07, 6.45) is 4.45. The topological polar surface area (TPSA) is 61.2 Å². The van der Waals surface area contributed by atoms with Crippen molar-refractivity contribution in [1.29, 1.82) is 0 Å². The first-order valence-corrected chi connectivity index (χ1v) is 7.91. The van der Waals surface area contributed by atoms with Crippen LogP contribution in [0.3, 0.4) is 0 Å². The summed E-state index contributed by atoms with van der Waals surface area (Å²) in [6.45, 7) is 0.499. The molecule has 2 rings (SSSR count). The maximum absolute atomic E-state index is 11.1. The maximum atomic E-state index is 11.1. The summed E-state index contributed by atoms with van der Waals surface area (Å²) in [5.74, 6) is 0.605. The van der Waals surface area contributed by atoms with Crippen molar-refractivity contribution in [3.63, 3.8) is 0 Å². The standard InChI is InChI=1S/C12H13ClN2O3S/c1-15-9-10(8-14-15)6-7-18-11-2-4-12(5-3-11)19(13,16)17/h2-5,8-9H,6-7H2,1H3. The van der Waals surface area contributed by atoms with E-state index in [2.05, 4.69) is 5.10 Å². The Morgan fingerprint density at radius 3 is 2.53 bits per heavy atom. The Morgan fingerprint density at radius 2 is 2.00 bits per heavy atom. The van der Waals surface area contributed by atoms with Gasteiger partial charge >= 0.3 is 0 Å². The summed E-state index contributed by atoms with van der Waals surface area (Å²) in [4.78, 5) is 0.0637. The van der Waals surface area contributed by atoms with Crippen LogP contribution in [0.4, 0.5) is 0 Å². The monoisotopic (exact) mass is 300 g/mol. The first-order valence-electron chi connectivity index (χ1n) is 5.60. The first-order chi connectivity index (χ1) is 8.95. The van der Waals surface area contributed by atoms with Gasteiger partial charge in [-0.15, -0.1) is 0 Å². The largest absolute Gasteiger partial charge is 0.493 e. The number of hydrogen-bond donors (Lipinski definition) is 0. The molecule has 0 atom stereocenters. The molecule has 1 aromatic carbocycles. The number of halogens is 1. The second kappa shape index (κ2) is 5.63. The van der Waals surface area contributed by atoms with Crippen LogP contribution in [0.25, 0.3) is 0 Å². The van der Waals surface area contributed by atoms with Gasteiger partial charge in [-0.05, 0) is 29.8 Å². The number of nitrogens with zero attached hydrogens (tertiary/aromatic N) is 2. The molecule has 0 aliphatic carbocycles. The minimum absolute atomic E-state index is 0.0637. The van der Waals surface area contributed by atoms with Crippen LogP contribution in [0, 0.1) is 0 Å². The molecule has 1 heterocycles. The van der Waals surface area contributed by atoms with E-state index in [9.17, 15) is 8.42 Å². The van der Waals surface area contributed by atoms with Gasteiger partial charge in [-0.1, -0.05) is 0 Å². The van der Waals surface area contributed by atoms with Gasteiger partial charge in [0.25, 0.3) is 9.05 Å². The molecule has 0 aliphatic rings. The van der Waals surface area contributed by atoms with E-state index in [0.29, 0.717) is 12.4 Å². The Morgan fingerprint density at radius 1 is 1.32 bits per heavy atom. The summed E-state index contributed by atoms with van der Waals surface area (Å²) in [5.41, 5.74) is 1.09. The van der Waals surface area contributed by atoms with Gasteiger partial charge < -0.3 is 4.74 Å². The van der Waals surface area contributed by atoms with Gasteiger partial charge in [0.05, 0.1) is 17.7 Å². The van der Waals surface area contributed by atoms with Gasteiger partial charge in [0.2, 0.25) is 0 Å². The average molecular weight is 301 g/mol. The van der Waals surface area contributed by atoms with E-state index in [4.69, 9.17) is 15.4 Å². The molecule has 102 valence electrons. The first kappa shape index (κ1) is 13.9. The van der Waals surface area contributed by atoms with Crippen molar-refractivity contribution in [2.45, 2.75) is 11.3 Å². The molecule has 0 aliphatic heterocycles. The minimum Gasteiger partial charge on any atom is -0.493 e. The number of rotatable bonds is 5. The second-order valence-corrected chi connectivity index (χ2v) is 6.60. The molecule has 0 N–H and O–H groups in total. The molecule has 7 heteroatoms. The lowest BCUT2D eigenvalue weighted by atomic mass is 10.3. The van der Waals surface area contributed by atoms with E-state index in [1.807, 2.05) is 13.2 Å². The van der Waals surface area contributed by atoms with Crippen LogP contribution < -0.4 is 4.74 Å². The Labute approximate surface area is 116 Å². The Hall–Kier alpha value is -1.53. The lowest BCUT2D eigenvalue weighted by molar-refractivity contribution is 0.321. The lowest BCUT2D eigenvalue weighted by Gasteiger charge is -2.05. The summed E-state index contributed by atoms with van der Waals surface area (Å²) < 4.78 is 29.4. The SMILES string of the molecule is Cn1cc(CCOc2ccc(S(=O)(=O)Cl)cc2)cn1. The third-order valence-electron chi connectivity index (χ3n) is 2.52. The minimum atomic E-state index is -3.67. The highest BCUT2D eigenvalue weighted by Gasteiger charge is 2.09. The van der Waals surface area contributed by atoms with Crippen LogP contribution >= 0.6 is 10.7 Å². The van der Waals surface area contributed by atoms with Crippen molar-refractivity contribution in [3.8, 4) is 5.75 Å². The van der Waals surface area contributed by atoms with Gasteiger partial charge in [0, 0.05) is 30.3 Å². The normalized spacial score (nSPS) is 11.5. The fraction of sp³-hybridized carbons (Fsp3) is 0.250. The van der Waals surface area contributed by atoms with Crippen LogP contribution in [0.2, 0.25) is 0 Å². The Kier molecular flexibility index (Phi) is 4.11. The van der Waals surface area contributed by atoms with Gasteiger partial charge in [-0.25, -0.2) is 8.42 Å². The quantitative estimate of drug-likeness (QED) is 0.792. The lowest BCUT2D eigenvalue weighted by Crippen LogP contribution is -2.01. The zero-order valence-corrected chi connectivity index (χ0v) is 11.9. The van der Waals surface area contributed by atoms with Crippen molar-refractivity contribution in [2.24, 2.45) is 7.05 Å². The zero-order valence-electron chi connectivity index (χ0n) is 10.3. The molecular weight excluding hydrogens is 288 g/mol. The summed E-state index contributed by atoms with van der Waals surface area (Å²) >= 11 is 0. The van der Waals surface area contributed by atoms with Gasteiger partial charge in [0.15, 0.2) is 0 Å². The molecule has 0 bridgehead atoms. The summed E-state index contributed by atoms with van der Waals surface area (Å²) in [6, 6.07) is 6.00. The van der Waals surface area contributed by atoms with Crippen LogP contribution in [-0.4, -0.2) is 24.8 Å². The average Bonchev–Trinajstić information content (AvgIpc) is 2.75. The molecule has 0 saturated carbocycles. The molecule has 0 spiro atoms. The van der Waals surface area contributed by atoms with E-state index in [-0.39, 0.29) is 4.90 Å². The Balaban J connectivity index is 1.90. The van der Waals surface area contributed by atoms with Crippen LogP contribution in [-0.2, 0) is 22.5 Å². The highest BCUT2D eigenvalue weighted by atomic mass is 35.7. The molecule has 2 aromatic rings. The molecular formula is C12H13ClN2O3S. The molecule has 0 unspecified atom stereocenters. The van der Waals surface area contributed by atoms with E-state index in [1.165, 1.54) is 12.1 Å². The molecule has 5 nitrogen and oxygen atoms in total. The van der Waals surface area contributed by atoms with E-state index >= 15 is 0 Å². The molecule has 0 saturated heterocycles. The van der Waals surface area contributed by atoms with Crippen molar-refractivity contribution >= 4 is 19.7 Å². The van der Waals surface area contributed by atoms with Crippen LogP contribution in [0.5, 0.6) is 5.75 Å². The Bertz CT molecular complexity index is 650. The molecule has 0 radical (unpaired) electrons.